The Morgan fingerprint density at radius 1 is 1.19 bits per heavy atom. The van der Waals surface area contributed by atoms with Crippen molar-refractivity contribution in [3.05, 3.63) is 20.8 Å². The summed E-state index contributed by atoms with van der Waals surface area (Å²) >= 11 is 0. The fourth-order valence-corrected chi connectivity index (χ4v) is 2.76. The number of hydrogen-bond donors (Lipinski definition) is 4. The zero-order chi connectivity index (χ0) is 19.3. The number of aliphatic hydroxyl groups is 2. The van der Waals surface area contributed by atoms with E-state index in [1.165, 1.54) is 11.6 Å². The molecule has 10 heteroatoms. The summed E-state index contributed by atoms with van der Waals surface area (Å²) in [5.41, 5.74) is -0.338. The van der Waals surface area contributed by atoms with E-state index in [0.717, 1.165) is 17.4 Å². The molecule has 10 nitrogen and oxygen atoms in total. The minimum absolute atomic E-state index is 0.0206. The lowest BCUT2D eigenvalue weighted by Crippen LogP contribution is -2.38. The van der Waals surface area contributed by atoms with Gasteiger partial charge in [-0.05, 0) is 6.42 Å². The maximum Gasteiger partial charge on any atom is 0.332 e. The monoisotopic (exact) mass is 368 g/mol. The zero-order valence-corrected chi connectivity index (χ0v) is 15.5. The Morgan fingerprint density at radius 3 is 2.58 bits per heavy atom. The highest BCUT2D eigenvalue weighted by atomic mass is 16.3. The summed E-state index contributed by atoms with van der Waals surface area (Å²) in [6, 6.07) is 0. The predicted octanol–water partition coefficient (Wildman–Crippen LogP) is -1.41. The lowest BCUT2D eigenvalue weighted by Gasteiger charge is -2.15. The molecule has 0 spiro atoms. The third-order valence-corrected chi connectivity index (χ3v) is 4.22. The van der Waals surface area contributed by atoms with Crippen LogP contribution in [-0.4, -0.2) is 61.2 Å². The van der Waals surface area contributed by atoms with Crippen molar-refractivity contribution in [3.63, 3.8) is 0 Å². The average molecular weight is 368 g/mol. The van der Waals surface area contributed by atoms with Gasteiger partial charge in [-0.25, -0.2) is 4.79 Å². The van der Waals surface area contributed by atoms with E-state index in [0.29, 0.717) is 19.0 Å². The van der Waals surface area contributed by atoms with Crippen molar-refractivity contribution in [2.24, 2.45) is 14.1 Å². The first-order valence-electron chi connectivity index (χ1n) is 8.82. The van der Waals surface area contributed by atoms with Crippen LogP contribution >= 0.6 is 0 Å². The molecule has 0 saturated heterocycles. The van der Waals surface area contributed by atoms with E-state index >= 15 is 0 Å². The molecule has 0 aliphatic heterocycles. The summed E-state index contributed by atoms with van der Waals surface area (Å²) in [6.07, 6.45) is 1.15. The molecule has 0 bridgehead atoms. The molecule has 1 unspecified atom stereocenters. The van der Waals surface area contributed by atoms with Crippen LogP contribution in [-0.2, 0) is 20.6 Å². The van der Waals surface area contributed by atoms with Gasteiger partial charge in [0, 0.05) is 33.7 Å². The summed E-state index contributed by atoms with van der Waals surface area (Å²) in [5, 5.41) is 25.2. The molecule has 2 aromatic heterocycles. The third kappa shape index (κ3) is 4.14. The number of hydrogen-bond acceptors (Lipinski definition) is 7. The van der Waals surface area contributed by atoms with Gasteiger partial charge in [0.05, 0.1) is 19.3 Å². The van der Waals surface area contributed by atoms with Gasteiger partial charge in [0.15, 0.2) is 11.2 Å². The van der Waals surface area contributed by atoms with Crippen molar-refractivity contribution in [1.82, 2.24) is 24.0 Å². The molecular formula is C16H28N6O4. The normalized spacial score (nSPS) is 12.7. The van der Waals surface area contributed by atoms with Gasteiger partial charge in [-0.2, -0.15) is 4.98 Å². The van der Waals surface area contributed by atoms with Crippen LogP contribution in [0.4, 0.5) is 5.95 Å². The topological polar surface area (TPSA) is 126 Å². The highest BCUT2D eigenvalue weighted by Gasteiger charge is 2.20. The summed E-state index contributed by atoms with van der Waals surface area (Å²) < 4.78 is 3.99. The molecule has 0 aliphatic carbocycles. The molecule has 0 aromatic carbocycles. The van der Waals surface area contributed by atoms with E-state index in [1.807, 2.05) is 0 Å². The van der Waals surface area contributed by atoms with Crippen LogP contribution in [0.25, 0.3) is 11.2 Å². The number of rotatable bonds is 10. The number of imidazole rings is 1. The van der Waals surface area contributed by atoms with E-state index < -0.39 is 17.4 Å². The Balaban J connectivity index is 2.47. The van der Waals surface area contributed by atoms with Gasteiger partial charge in [0.1, 0.15) is 0 Å². The molecule has 0 radical (unpaired) electrons. The highest BCUT2D eigenvalue weighted by molar-refractivity contribution is 5.74. The molecule has 26 heavy (non-hydrogen) atoms. The van der Waals surface area contributed by atoms with Crippen molar-refractivity contribution in [2.45, 2.75) is 32.4 Å². The molecule has 0 amide bonds. The Morgan fingerprint density at radius 2 is 1.92 bits per heavy atom. The molecule has 2 aromatic rings. The van der Waals surface area contributed by atoms with Crippen molar-refractivity contribution in [3.8, 4) is 0 Å². The van der Waals surface area contributed by atoms with E-state index in [2.05, 4.69) is 22.5 Å². The highest BCUT2D eigenvalue weighted by Crippen LogP contribution is 2.16. The summed E-state index contributed by atoms with van der Waals surface area (Å²) in [7, 11) is 2.99. The summed E-state index contributed by atoms with van der Waals surface area (Å²) in [6.45, 7) is 3.50. The number of aromatic nitrogens is 4. The number of nitrogens with zero attached hydrogens (tertiary/aromatic N) is 4. The molecule has 1 atom stereocenters. The van der Waals surface area contributed by atoms with Gasteiger partial charge in [0.25, 0.3) is 5.56 Å². The Hall–Kier alpha value is -2.17. The van der Waals surface area contributed by atoms with E-state index in [9.17, 15) is 14.7 Å². The Labute approximate surface area is 151 Å². The van der Waals surface area contributed by atoms with Crippen LogP contribution in [0.1, 0.15) is 19.8 Å². The second-order valence-corrected chi connectivity index (χ2v) is 6.29. The van der Waals surface area contributed by atoms with Gasteiger partial charge in [-0.15, -0.1) is 0 Å². The van der Waals surface area contributed by atoms with Crippen LogP contribution in [0.15, 0.2) is 9.59 Å². The van der Waals surface area contributed by atoms with E-state index in [-0.39, 0.29) is 30.9 Å². The van der Waals surface area contributed by atoms with Crippen molar-refractivity contribution in [1.29, 1.82) is 0 Å². The van der Waals surface area contributed by atoms with Gasteiger partial charge >= 0.3 is 5.69 Å². The minimum Gasteiger partial charge on any atom is -0.395 e. The first-order valence-corrected chi connectivity index (χ1v) is 8.82. The molecular weight excluding hydrogens is 340 g/mol. The first-order chi connectivity index (χ1) is 12.4. The van der Waals surface area contributed by atoms with Crippen molar-refractivity contribution in [2.75, 3.05) is 31.6 Å². The fourth-order valence-electron chi connectivity index (χ4n) is 2.76. The predicted molar refractivity (Wildman–Crippen MR) is 99.6 cm³/mol. The quantitative estimate of drug-likeness (QED) is 0.380. The first kappa shape index (κ1) is 20.1. The number of aliphatic hydroxyl groups excluding tert-OH is 2. The van der Waals surface area contributed by atoms with E-state index in [1.54, 1.807) is 11.6 Å². The number of aryl methyl sites for hydroxylation is 1. The third-order valence-electron chi connectivity index (χ3n) is 4.22. The second kappa shape index (κ2) is 8.97. The lowest BCUT2D eigenvalue weighted by molar-refractivity contribution is 0.150. The Kier molecular flexibility index (Phi) is 6.95. The van der Waals surface area contributed by atoms with Gasteiger partial charge in [-0.1, -0.05) is 13.3 Å². The number of nitrogens with one attached hydrogen (secondary N) is 2. The number of unbranched alkanes of at least 4 members (excludes halogenated alkanes) is 1. The van der Waals surface area contributed by atoms with Crippen LogP contribution < -0.4 is 21.9 Å². The number of anilines is 1. The van der Waals surface area contributed by atoms with Crippen LogP contribution in [0.2, 0.25) is 0 Å². The maximum absolute atomic E-state index is 12.6. The molecule has 2 rings (SSSR count). The fraction of sp³-hybridized carbons (Fsp3) is 0.688. The molecule has 2 heterocycles. The largest absolute Gasteiger partial charge is 0.395 e. The molecule has 0 fully saturated rings. The van der Waals surface area contributed by atoms with E-state index in [4.69, 9.17) is 5.11 Å². The standard InChI is InChI=1S/C16H28N6O4/c1-4-5-6-18-15-19-13-12(14(25)21(3)16(26)20(13)2)22(15)10-11(24)9-17-7-8-23/h11,17,23-24H,4-10H2,1-3H3,(H,18,19). The van der Waals surface area contributed by atoms with Crippen LogP contribution in [0, 0.1) is 0 Å². The van der Waals surface area contributed by atoms with Gasteiger partial charge < -0.3 is 25.4 Å². The van der Waals surface area contributed by atoms with Gasteiger partial charge in [-0.3, -0.25) is 13.9 Å². The Bertz CT molecular complexity index is 853. The van der Waals surface area contributed by atoms with Crippen molar-refractivity contribution < 1.29 is 10.2 Å². The molecule has 0 saturated carbocycles. The van der Waals surface area contributed by atoms with Crippen LogP contribution in [0.5, 0.6) is 0 Å². The molecule has 146 valence electrons. The molecule has 4 N–H and O–H groups in total. The zero-order valence-electron chi connectivity index (χ0n) is 15.5. The summed E-state index contributed by atoms with van der Waals surface area (Å²) in [4.78, 5) is 29.2. The lowest BCUT2D eigenvalue weighted by atomic mass is 10.3. The smallest absolute Gasteiger partial charge is 0.332 e. The number of fused-ring (bicyclic) bond motifs is 1. The van der Waals surface area contributed by atoms with Crippen molar-refractivity contribution >= 4 is 17.1 Å². The minimum atomic E-state index is -0.785. The summed E-state index contributed by atoms with van der Waals surface area (Å²) in [5.74, 6) is 0.452. The SMILES string of the molecule is CCCCNc1nc2c(c(=O)n(C)c(=O)n2C)n1CC(O)CNCCO. The average Bonchev–Trinajstić information content (AvgIpc) is 2.97. The molecule has 0 aliphatic rings. The van der Waals surface area contributed by atoms with Crippen LogP contribution in [0.3, 0.4) is 0 Å². The second-order valence-electron chi connectivity index (χ2n) is 6.29. The van der Waals surface area contributed by atoms with Gasteiger partial charge in [0.2, 0.25) is 5.95 Å². The maximum atomic E-state index is 12.6.